The van der Waals surface area contributed by atoms with E-state index in [9.17, 15) is 13.2 Å². The lowest BCUT2D eigenvalue weighted by molar-refractivity contribution is -0.307. The fraction of sp³-hybridized carbons (Fsp3) is 0.250. The molecule has 0 fully saturated rings. The summed E-state index contributed by atoms with van der Waals surface area (Å²) in [6.07, 6.45) is -4.60. The van der Waals surface area contributed by atoms with Gasteiger partial charge in [0.2, 0.25) is 5.88 Å². The van der Waals surface area contributed by atoms with Crippen LogP contribution in [-0.2, 0) is 4.74 Å². The number of alkyl halides is 3. The van der Waals surface area contributed by atoms with Crippen LogP contribution in [0.1, 0.15) is 0 Å². The highest BCUT2D eigenvalue weighted by atomic mass is 32.2. The average molecular weight is 170 g/mol. The van der Waals surface area contributed by atoms with E-state index in [4.69, 9.17) is 0 Å². The maximum absolute atomic E-state index is 11.4. The lowest BCUT2D eigenvalue weighted by atomic mass is 10.9. The van der Waals surface area contributed by atoms with Gasteiger partial charge in [-0.05, 0) is 0 Å². The van der Waals surface area contributed by atoms with Crippen LogP contribution in [0.5, 0.6) is 0 Å². The van der Waals surface area contributed by atoms with E-state index in [0.717, 1.165) is 11.8 Å². The number of hydrogen-bond acceptors (Lipinski definition) is 3. The molecule has 0 atom stereocenters. The van der Waals surface area contributed by atoms with Crippen LogP contribution in [0.15, 0.2) is 11.3 Å². The molecule has 0 amide bonds. The second kappa shape index (κ2) is 2.61. The maximum Gasteiger partial charge on any atom is 0.574 e. The van der Waals surface area contributed by atoms with Crippen molar-refractivity contribution in [3.63, 3.8) is 0 Å². The molecule has 1 radical (unpaired) electrons. The van der Waals surface area contributed by atoms with Crippen LogP contribution in [0.2, 0.25) is 0 Å². The smallest absolute Gasteiger partial charge is 0.390 e. The Balaban J connectivity index is 2.38. The standard InChI is InChI=1S/C4H3F3NOS/c5-4(6,7)9-3-1-10-2-8-3/h1-2,8H. The summed E-state index contributed by atoms with van der Waals surface area (Å²) >= 11 is 1.10. The highest BCUT2D eigenvalue weighted by molar-refractivity contribution is 8.04. The molecule has 0 aliphatic carbocycles. The topological polar surface area (TPSA) is 21.3 Å². The summed E-state index contributed by atoms with van der Waals surface area (Å²) < 4.78 is 37.6. The molecule has 0 aromatic carbocycles. The molecule has 57 valence electrons. The fourth-order valence-corrected chi connectivity index (χ4v) is 0.892. The van der Waals surface area contributed by atoms with Crippen LogP contribution in [0, 0.1) is 5.88 Å². The summed E-state index contributed by atoms with van der Waals surface area (Å²) in [5.41, 5.74) is 0. The van der Waals surface area contributed by atoms with E-state index in [1.807, 2.05) is 0 Å². The van der Waals surface area contributed by atoms with Crippen molar-refractivity contribution >= 4 is 11.8 Å². The molecule has 0 spiro atoms. The minimum atomic E-state index is -4.60. The molecule has 1 N–H and O–H groups in total. The van der Waals surface area contributed by atoms with Crippen LogP contribution in [0.4, 0.5) is 13.2 Å². The highest BCUT2D eigenvalue weighted by Gasteiger charge is 2.32. The zero-order valence-electron chi connectivity index (χ0n) is 4.61. The van der Waals surface area contributed by atoms with Gasteiger partial charge < -0.3 is 10.1 Å². The van der Waals surface area contributed by atoms with Gasteiger partial charge in [0.05, 0.1) is 0 Å². The summed E-state index contributed by atoms with van der Waals surface area (Å²) in [6, 6.07) is 0. The van der Waals surface area contributed by atoms with Gasteiger partial charge in [0, 0.05) is 5.41 Å². The normalized spacial score (nSPS) is 18.1. The lowest BCUT2D eigenvalue weighted by Crippen LogP contribution is -2.18. The Morgan fingerprint density at radius 3 is 2.60 bits per heavy atom. The first-order valence-electron chi connectivity index (χ1n) is 2.27. The molecule has 0 aromatic heterocycles. The van der Waals surface area contributed by atoms with E-state index < -0.39 is 6.36 Å². The molecule has 1 heterocycles. The molecule has 0 aromatic rings. The summed E-state index contributed by atoms with van der Waals surface area (Å²) in [4.78, 5) is 0. The SMILES string of the molecule is FC(F)(F)OC1=CS[CH]N1. The van der Waals surface area contributed by atoms with Gasteiger partial charge >= 0.3 is 6.36 Å². The van der Waals surface area contributed by atoms with Gasteiger partial charge in [0.25, 0.3) is 0 Å². The van der Waals surface area contributed by atoms with Gasteiger partial charge in [-0.15, -0.1) is 24.9 Å². The second-order valence-corrected chi connectivity index (χ2v) is 2.17. The number of ether oxygens (including phenoxy) is 1. The Morgan fingerprint density at radius 1 is 1.50 bits per heavy atom. The third kappa shape index (κ3) is 2.38. The van der Waals surface area contributed by atoms with Crippen LogP contribution in [0.25, 0.3) is 0 Å². The first kappa shape index (κ1) is 7.59. The number of halogens is 3. The predicted molar refractivity (Wildman–Crippen MR) is 30.2 cm³/mol. The van der Waals surface area contributed by atoms with Crippen molar-refractivity contribution in [1.82, 2.24) is 5.32 Å². The fourth-order valence-electron chi connectivity index (χ4n) is 0.400. The molecule has 1 aliphatic rings. The van der Waals surface area contributed by atoms with E-state index >= 15 is 0 Å². The monoisotopic (exact) mass is 170 g/mol. The largest absolute Gasteiger partial charge is 0.574 e. The third-order valence-corrected chi connectivity index (χ3v) is 1.27. The molecule has 1 rings (SSSR count). The average Bonchev–Trinajstić information content (AvgIpc) is 2.12. The maximum atomic E-state index is 11.4. The molecule has 2 nitrogen and oxygen atoms in total. The van der Waals surface area contributed by atoms with Gasteiger partial charge in [0.15, 0.2) is 0 Å². The molecule has 0 bridgehead atoms. The molecule has 0 unspecified atom stereocenters. The zero-order valence-corrected chi connectivity index (χ0v) is 5.42. The zero-order chi connectivity index (χ0) is 7.61. The van der Waals surface area contributed by atoms with Crippen molar-refractivity contribution in [2.24, 2.45) is 0 Å². The Bertz CT molecular complexity index is 155. The molecule has 6 heteroatoms. The highest BCUT2D eigenvalue weighted by Crippen LogP contribution is 2.25. The Labute approximate surface area is 59.4 Å². The van der Waals surface area contributed by atoms with Gasteiger partial charge in [-0.1, -0.05) is 0 Å². The van der Waals surface area contributed by atoms with E-state index in [1.165, 1.54) is 11.3 Å². The Hall–Kier alpha value is -0.520. The number of nitrogens with one attached hydrogen (secondary N) is 1. The summed E-state index contributed by atoms with van der Waals surface area (Å²) in [7, 11) is 0. The second-order valence-electron chi connectivity index (χ2n) is 1.43. The van der Waals surface area contributed by atoms with Crippen molar-refractivity contribution in [3.05, 3.63) is 17.2 Å². The minimum absolute atomic E-state index is 0.280. The Morgan fingerprint density at radius 2 is 2.20 bits per heavy atom. The van der Waals surface area contributed by atoms with Gasteiger partial charge in [-0.3, -0.25) is 0 Å². The first-order valence-corrected chi connectivity index (χ1v) is 3.22. The minimum Gasteiger partial charge on any atom is -0.390 e. The summed E-state index contributed by atoms with van der Waals surface area (Å²) in [5, 5.41) is 3.50. The summed E-state index contributed by atoms with van der Waals surface area (Å²) in [6.45, 7) is 0. The van der Waals surface area contributed by atoms with Crippen molar-refractivity contribution < 1.29 is 17.9 Å². The van der Waals surface area contributed by atoms with E-state index in [0.29, 0.717) is 0 Å². The summed E-state index contributed by atoms with van der Waals surface area (Å²) in [5.74, 6) is 1.11. The molecular weight excluding hydrogens is 167 g/mol. The van der Waals surface area contributed by atoms with Gasteiger partial charge in [-0.2, -0.15) is 0 Å². The number of hydrogen-bond donors (Lipinski definition) is 1. The first-order chi connectivity index (χ1) is 4.58. The van der Waals surface area contributed by atoms with Crippen molar-refractivity contribution in [1.29, 1.82) is 0 Å². The van der Waals surface area contributed by atoms with Gasteiger partial charge in [0.1, 0.15) is 5.88 Å². The van der Waals surface area contributed by atoms with Gasteiger partial charge in [-0.25, -0.2) is 0 Å². The van der Waals surface area contributed by atoms with Crippen molar-refractivity contribution in [3.8, 4) is 0 Å². The molecule has 0 saturated heterocycles. The number of thioether (sulfide) groups is 1. The molecular formula is C4H3F3NOS. The molecule has 1 aliphatic heterocycles. The quantitative estimate of drug-likeness (QED) is 0.648. The predicted octanol–water partition coefficient (Wildman–Crippen LogP) is 1.78. The third-order valence-electron chi connectivity index (χ3n) is 0.670. The van der Waals surface area contributed by atoms with E-state index in [1.54, 1.807) is 0 Å². The Kier molecular flexibility index (Phi) is 1.98. The van der Waals surface area contributed by atoms with Crippen LogP contribution in [0.3, 0.4) is 0 Å². The van der Waals surface area contributed by atoms with Crippen molar-refractivity contribution in [2.75, 3.05) is 0 Å². The van der Waals surface area contributed by atoms with Crippen LogP contribution in [-0.4, -0.2) is 6.36 Å². The van der Waals surface area contributed by atoms with E-state index in [2.05, 4.69) is 10.1 Å². The van der Waals surface area contributed by atoms with Crippen molar-refractivity contribution in [2.45, 2.75) is 6.36 Å². The number of rotatable bonds is 1. The van der Waals surface area contributed by atoms with Crippen LogP contribution < -0.4 is 5.32 Å². The van der Waals surface area contributed by atoms with E-state index in [-0.39, 0.29) is 5.88 Å². The molecule has 10 heavy (non-hydrogen) atoms. The van der Waals surface area contributed by atoms with Crippen LogP contribution >= 0.6 is 11.8 Å². The lowest BCUT2D eigenvalue weighted by Gasteiger charge is -2.08. The molecule has 0 saturated carbocycles.